The molecule has 7 heteroatoms. The molecule has 1 N–H and O–H groups in total. The van der Waals surface area contributed by atoms with E-state index in [9.17, 15) is 9.50 Å². The maximum Gasteiger partial charge on any atom is 0.202 e. The highest BCUT2D eigenvalue weighted by Gasteiger charge is 2.22. The van der Waals surface area contributed by atoms with Gasteiger partial charge in [0.1, 0.15) is 12.1 Å². The molecule has 0 bridgehead atoms. The molecule has 0 aliphatic carbocycles. The lowest BCUT2D eigenvalue weighted by Crippen LogP contribution is -2.47. The van der Waals surface area contributed by atoms with E-state index in [4.69, 9.17) is 11.6 Å². The van der Waals surface area contributed by atoms with Crippen LogP contribution in [0.2, 0.25) is 5.15 Å². The maximum absolute atomic E-state index is 13.9. The van der Waals surface area contributed by atoms with Crippen LogP contribution in [0.1, 0.15) is 0 Å². The Balaban J connectivity index is 1.72. The number of aromatic nitrogens is 2. The molecule has 1 aromatic carbocycles. The Morgan fingerprint density at radius 2 is 1.81 bits per heavy atom. The van der Waals surface area contributed by atoms with Crippen LogP contribution in [0.4, 0.5) is 15.9 Å². The van der Waals surface area contributed by atoms with Crippen LogP contribution in [0.5, 0.6) is 5.75 Å². The van der Waals surface area contributed by atoms with E-state index in [1.165, 1.54) is 6.33 Å². The molecule has 0 saturated carbocycles. The van der Waals surface area contributed by atoms with Gasteiger partial charge in [0.2, 0.25) is 5.82 Å². The fourth-order valence-electron chi connectivity index (χ4n) is 2.43. The highest BCUT2D eigenvalue weighted by atomic mass is 35.5. The number of halogens is 2. The quantitative estimate of drug-likeness (QED) is 0.863. The smallest absolute Gasteiger partial charge is 0.202 e. The highest BCUT2D eigenvalue weighted by Crippen LogP contribution is 2.25. The van der Waals surface area contributed by atoms with Gasteiger partial charge in [0, 0.05) is 37.9 Å². The van der Waals surface area contributed by atoms with Gasteiger partial charge in [-0.1, -0.05) is 17.7 Å². The Labute approximate surface area is 126 Å². The summed E-state index contributed by atoms with van der Waals surface area (Å²) in [6.07, 6.45) is 1.27. The van der Waals surface area contributed by atoms with Crippen LogP contribution < -0.4 is 9.80 Å². The first kappa shape index (κ1) is 13.9. The molecule has 0 unspecified atom stereocenters. The third-order valence-corrected chi connectivity index (χ3v) is 3.77. The van der Waals surface area contributed by atoms with E-state index in [1.807, 2.05) is 11.0 Å². The highest BCUT2D eigenvalue weighted by molar-refractivity contribution is 6.29. The molecule has 5 nitrogen and oxygen atoms in total. The Morgan fingerprint density at radius 3 is 2.52 bits per heavy atom. The van der Waals surface area contributed by atoms with Crippen molar-refractivity contribution in [2.75, 3.05) is 36.0 Å². The number of benzene rings is 1. The molecule has 1 aliphatic rings. The summed E-state index contributed by atoms with van der Waals surface area (Å²) in [5.74, 6) is -0.0981. The van der Waals surface area contributed by atoms with E-state index in [2.05, 4.69) is 14.9 Å². The maximum atomic E-state index is 13.9. The second-order valence-corrected chi connectivity index (χ2v) is 5.15. The van der Waals surface area contributed by atoms with Crippen molar-refractivity contribution in [3.63, 3.8) is 0 Å². The van der Waals surface area contributed by atoms with E-state index in [1.54, 1.807) is 18.2 Å². The zero-order valence-electron chi connectivity index (χ0n) is 11.2. The van der Waals surface area contributed by atoms with Gasteiger partial charge in [0.25, 0.3) is 0 Å². The predicted octanol–water partition coefficient (Wildman–Crippen LogP) is 2.30. The van der Waals surface area contributed by atoms with Crippen molar-refractivity contribution in [2.45, 2.75) is 0 Å². The minimum Gasteiger partial charge on any atom is -0.508 e. The summed E-state index contributed by atoms with van der Waals surface area (Å²) < 4.78 is 13.9. The van der Waals surface area contributed by atoms with E-state index >= 15 is 0 Å². The van der Waals surface area contributed by atoms with Crippen molar-refractivity contribution >= 4 is 23.1 Å². The lowest BCUT2D eigenvalue weighted by Gasteiger charge is -2.36. The zero-order chi connectivity index (χ0) is 14.8. The Kier molecular flexibility index (Phi) is 3.79. The van der Waals surface area contributed by atoms with Crippen molar-refractivity contribution in [1.29, 1.82) is 0 Å². The van der Waals surface area contributed by atoms with Crippen LogP contribution >= 0.6 is 11.6 Å². The molecular weight excluding hydrogens is 295 g/mol. The zero-order valence-corrected chi connectivity index (χ0v) is 12.0. The van der Waals surface area contributed by atoms with Crippen LogP contribution in [0, 0.1) is 5.82 Å². The van der Waals surface area contributed by atoms with Crippen molar-refractivity contribution in [3.05, 3.63) is 41.6 Å². The molecule has 0 spiro atoms. The monoisotopic (exact) mass is 308 g/mol. The van der Waals surface area contributed by atoms with E-state index in [0.717, 1.165) is 5.69 Å². The minimum absolute atomic E-state index is 0.157. The summed E-state index contributed by atoms with van der Waals surface area (Å²) in [4.78, 5) is 11.6. The van der Waals surface area contributed by atoms with E-state index in [-0.39, 0.29) is 16.7 Å². The van der Waals surface area contributed by atoms with Gasteiger partial charge in [-0.15, -0.1) is 0 Å². The van der Waals surface area contributed by atoms with Crippen molar-refractivity contribution < 1.29 is 9.50 Å². The molecule has 1 aliphatic heterocycles. The molecule has 2 aromatic rings. The number of piperazine rings is 1. The fraction of sp³-hybridized carbons (Fsp3) is 0.286. The number of hydrogen-bond acceptors (Lipinski definition) is 5. The number of phenolic OH excluding ortho intramolecular Hbond substituents is 1. The van der Waals surface area contributed by atoms with Gasteiger partial charge in [0.15, 0.2) is 11.0 Å². The van der Waals surface area contributed by atoms with Crippen LogP contribution in [0.25, 0.3) is 0 Å². The van der Waals surface area contributed by atoms with Crippen LogP contribution in [-0.4, -0.2) is 41.3 Å². The molecule has 3 rings (SSSR count). The molecule has 1 aromatic heterocycles. The summed E-state index contributed by atoms with van der Waals surface area (Å²) in [7, 11) is 0. The molecule has 0 radical (unpaired) electrons. The van der Waals surface area contributed by atoms with Gasteiger partial charge in [0.05, 0.1) is 0 Å². The predicted molar refractivity (Wildman–Crippen MR) is 79.5 cm³/mol. The minimum atomic E-state index is -0.579. The molecule has 2 heterocycles. The lowest BCUT2D eigenvalue weighted by atomic mass is 10.2. The van der Waals surface area contributed by atoms with Crippen LogP contribution in [-0.2, 0) is 0 Å². The fourth-order valence-corrected chi connectivity index (χ4v) is 2.55. The number of anilines is 2. The number of nitrogens with zero attached hydrogens (tertiary/aromatic N) is 4. The van der Waals surface area contributed by atoms with Gasteiger partial charge in [-0.05, 0) is 12.1 Å². The molecule has 0 atom stereocenters. The second-order valence-electron chi connectivity index (χ2n) is 4.80. The second kappa shape index (κ2) is 5.73. The van der Waals surface area contributed by atoms with Gasteiger partial charge in [-0.3, -0.25) is 0 Å². The first-order valence-electron chi connectivity index (χ1n) is 6.60. The summed E-state index contributed by atoms with van der Waals surface area (Å²) in [6.45, 7) is 2.68. The summed E-state index contributed by atoms with van der Waals surface area (Å²) >= 11 is 5.68. The molecular formula is C14H14ClFN4O. The lowest BCUT2D eigenvalue weighted by molar-refractivity contribution is 0.475. The van der Waals surface area contributed by atoms with Gasteiger partial charge >= 0.3 is 0 Å². The van der Waals surface area contributed by atoms with Gasteiger partial charge in [-0.2, -0.15) is 4.39 Å². The number of rotatable bonds is 2. The number of aromatic hydroxyl groups is 1. The molecule has 1 saturated heterocycles. The Bertz CT molecular complexity index is 647. The summed E-state index contributed by atoms with van der Waals surface area (Å²) in [6, 6.07) is 7.11. The largest absolute Gasteiger partial charge is 0.508 e. The first-order chi connectivity index (χ1) is 10.1. The molecule has 0 amide bonds. The van der Waals surface area contributed by atoms with E-state index < -0.39 is 5.82 Å². The molecule has 1 fully saturated rings. The SMILES string of the molecule is Oc1cccc(N2CCN(c3ncnc(Cl)c3F)CC2)c1. The first-order valence-corrected chi connectivity index (χ1v) is 6.98. The Morgan fingerprint density at radius 1 is 1.10 bits per heavy atom. The van der Waals surface area contributed by atoms with Crippen molar-refractivity contribution in [3.8, 4) is 5.75 Å². The summed E-state index contributed by atoms with van der Waals surface area (Å²) in [5, 5.41) is 9.37. The van der Waals surface area contributed by atoms with Crippen LogP contribution in [0.3, 0.4) is 0 Å². The molecule has 110 valence electrons. The van der Waals surface area contributed by atoms with E-state index in [0.29, 0.717) is 26.2 Å². The topological polar surface area (TPSA) is 52.5 Å². The summed E-state index contributed by atoms with van der Waals surface area (Å²) in [5.41, 5.74) is 0.954. The normalized spacial score (nSPS) is 15.3. The van der Waals surface area contributed by atoms with Gasteiger partial charge in [-0.25, -0.2) is 9.97 Å². The van der Waals surface area contributed by atoms with Crippen molar-refractivity contribution in [1.82, 2.24) is 9.97 Å². The van der Waals surface area contributed by atoms with Crippen molar-refractivity contribution in [2.24, 2.45) is 0 Å². The van der Waals surface area contributed by atoms with Crippen LogP contribution in [0.15, 0.2) is 30.6 Å². The Hall–Kier alpha value is -2.08. The standard InChI is InChI=1S/C14H14ClFN4O/c15-13-12(16)14(18-9-17-13)20-6-4-19(5-7-20)10-2-1-3-11(21)8-10/h1-3,8-9,21H,4-7H2. The average molecular weight is 309 g/mol. The number of phenols is 1. The molecule has 21 heavy (non-hydrogen) atoms. The van der Waals surface area contributed by atoms with Gasteiger partial charge < -0.3 is 14.9 Å². The number of hydrogen-bond donors (Lipinski definition) is 1. The average Bonchev–Trinajstić information content (AvgIpc) is 2.50. The third-order valence-electron chi connectivity index (χ3n) is 3.50. The third kappa shape index (κ3) is 2.85.